The minimum atomic E-state index is -0.247. The highest BCUT2D eigenvalue weighted by atomic mass is 35.5. The first-order valence-electron chi connectivity index (χ1n) is 4.92. The second kappa shape index (κ2) is 4.59. The molecule has 2 aromatic rings. The molecule has 2 heterocycles. The number of aromatic nitrogens is 3. The third-order valence-corrected chi connectivity index (χ3v) is 2.47. The van der Waals surface area contributed by atoms with Crippen LogP contribution >= 0.6 is 11.6 Å². The summed E-state index contributed by atoms with van der Waals surface area (Å²) in [6.07, 6.45) is 2.36. The van der Waals surface area contributed by atoms with Gasteiger partial charge in [-0.05, 0) is 18.6 Å². The summed E-state index contributed by atoms with van der Waals surface area (Å²) in [5.41, 5.74) is 6.28. The van der Waals surface area contributed by atoms with Gasteiger partial charge in [-0.25, -0.2) is 0 Å². The zero-order valence-electron chi connectivity index (χ0n) is 8.72. The first-order chi connectivity index (χ1) is 7.72. The molecule has 0 radical (unpaired) electrons. The zero-order valence-corrected chi connectivity index (χ0v) is 9.48. The maximum Gasteiger partial charge on any atom is 0.243 e. The third-order valence-electron chi connectivity index (χ3n) is 2.17. The van der Waals surface area contributed by atoms with Crippen molar-refractivity contribution in [1.82, 2.24) is 15.1 Å². The highest BCUT2D eigenvalue weighted by Gasteiger charge is 2.16. The van der Waals surface area contributed by atoms with Gasteiger partial charge in [0.15, 0.2) is 0 Å². The van der Waals surface area contributed by atoms with E-state index in [1.165, 1.54) is 0 Å². The highest BCUT2D eigenvalue weighted by Crippen LogP contribution is 2.23. The van der Waals surface area contributed by atoms with E-state index in [9.17, 15) is 0 Å². The first kappa shape index (κ1) is 11.0. The Labute approximate surface area is 97.6 Å². The van der Waals surface area contributed by atoms with Crippen LogP contribution < -0.4 is 5.73 Å². The molecular weight excluding hydrogens is 228 g/mol. The molecule has 0 aromatic carbocycles. The molecule has 0 saturated carbocycles. The average molecular weight is 239 g/mol. The van der Waals surface area contributed by atoms with E-state index in [1.54, 1.807) is 18.3 Å². The smallest absolute Gasteiger partial charge is 0.243 e. The molecule has 0 amide bonds. The van der Waals surface area contributed by atoms with Crippen LogP contribution in [0.1, 0.15) is 25.3 Å². The van der Waals surface area contributed by atoms with E-state index in [-0.39, 0.29) is 6.04 Å². The van der Waals surface area contributed by atoms with E-state index in [1.807, 2.05) is 6.92 Å². The summed E-state index contributed by atoms with van der Waals surface area (Å²) in [5.74, 6) is 0.767. The summed E-state index contributed by atoms with van der Waals surface area (Å²) in [6.45, 7) is 1.95. The first-order valence-corrected chi connectivity index (χ1v) is 5.30. The molecule has 0 fully saturated rings. The van der Waals surface area contributed by atoms with Gasteiger partial charge in [-0.3, -0.25) is 4.98 Å². The van der Waals surface area contributed by atoms with Crippen LogP contribution in [-0.2, 0) is 0 Å². The van der Waals surface area contributed by atoms with Gasteiger partial charge in [0.1, 0.15) is 5.69 Å². The van der Waals surface area contributed by atoms with Gasteiger partial charge in [-0.1, -0.05) is 23.7 Å². The monoisotopic (exact) mass is 238 g/mol. The molecule has 0 saturated heterocycles. The van der Waals surface area contributed by atoms with Gasteiger partial charge in [0.25, 0.3) is 0 Å². The largest absolute Gasteiger partial charge is 0.337 e. The SMILES string of the molecule is CC[C@@H](N)c1nc(-c2ncccc2Cl)no1. The molecule has 1 atom stereocenters. The van der Waals surface area contributed by atoms with Crippen LogP contribution in [0.15, 0.2) is 22.9 Å². The Kier molecular flexibility index (Phi) is 3.17. The Bertz CT molecular complexity index is 485. The molecule has 5 nitrogen and oxygen atoms in total. The fourth-order valence-electron chi connectivity index (χ4n) is 1.21. The number of hydrogen-bond acceptors (Lipinski definition) is 5. The van der Waals surface area contributed by atoms with Crippen LogP contribution in [0.3, 0.4) is 0 Å². The predicted molar refractivity (Wildman–Crippen MR) is 59.8 cm³/mol. The van der Waals surface area contributed by atoms with Gasteiger partial charge < -0.3 is 10.3 Å². The summed E-state index contributed by atoms with van der Waals surface area (Å²) >= 11 is 5.97. The molecule has 0 aliphatic heterocycles. The summed E-state index contributed by atoms with van der Waals surface area (Å²) < 4.78 is 5.04. The van der Waals surface area contributed by atoms with Crippen molar-refractivity contribution < 1.29 is 4.52 Å². The van der Waals surface area contributed by atoms with Gasteiger partial charge >= 0.3 is 0 Å². The molecule has 2 aromatic heterocycles. The normalized spacial score (nSPS) is 12.7. The second-order valence-corrected chi connectivity index (χ2v) is 3.71. The number of nitrogens with two attached hydrogens (primary N) is 1. The van der Waals surface area contributed by atoms with Crippen LogP contribution in [0.5, 0.6) is 0 Å². The Morgan fingerprint density at radius 1 is 1.56 bits per heavy atom. The van der Waals surface area contributed by atoms with Crippen molar-refractivity contribution in [2.75, 3.05) is 0 Å². The lowest BCUT2D eigenvalue weighted by Crippen LogP contribution is -2.08. The molecule has 0 bridgehead atoms. The van der Waals surface area contributed by atoms with Crippen LogP contribution in [0.4, 0.5) is 0 Å². The zero-order chi connectivity index (χ0) is 11.5. The summed E-state index contributed by atoms with van der Waals surface area (Å²) in [5, 5.41) is 4.29. The van der Waals surface area contributed by atoms with E-state index >= 15 is 0 Å². The standard InChI is InChI=1S/C10H11ClN4O/c1-2-7(12)10-14-9(15-16-10)8-6(11)4-3-5-13-8/h3-5,7H,2,12H2,1H3/t7-/m1/s1. The van der Waals surface area contributed by atoms with Crippen LogP contribution in [0.25, 0.3) is 11.5 Å². The lowest BCUT2D eigenvalue weighted by Gasteiger charge is -1.99. The minimum Gasteiger partial charge on any atom is -0.337 e. The van der Waals surface area contributed by atoms with Gasteiger partial charge in [-0.2, -0.15) is 4.98 Å². The molecule has 0 aliphatic carbocycles. The minimum absolute atomic E-state index is 0.247. The van der Waals surface area contributed by atoms with E-state index in [2.05, 4.69) is 15.1 Å². The number of halogens is 1. The van der Waals surface area contributed by atoms with Gasteiger partial charge in [0.2, 0.25) is 11.7 Å². The van der Waals surface area contributed by atoms with Crippen molar-refractivity contribution in [3.63, 3.8) is 0 Å². The van der Waals surface area contributed by atoms with E-state index < -0.39 is 0 Å². The molecule has 0 spiro atoms. The van der Waals surface area contributed by atoms with Crippen LogP contribution in [-0.4, -0.2) is 15.1 Å². The molecular formula is C10H11ClN4O. The quantitative estimate of drug-likeness (QED) is 0.887. The van der Waals surface area contributed by atoms with Crippen LogP contribution in [0.2, 0.25) is 5.02 Å². The van der Waals surface area contributed by atoms with Crippen molar-refractivity contribution in [2.45, 2.75) is 19.4 Å². The fourth-order valence-corrected chi connectivity index (χ4v) is 1.41. The second-order valence-electron chi connectivity index (χ2n) is 3.30. The Balaban J connectivity index is 2.35. The lowest BCUT2D eigenvalue weighted by molar-refractivity contribution is 0.352. The molecule has 2 N–H and O–H groups in total. The van der Waals surface area contributed by atoms with Gasteiger partial charge in [-0.15, -0.1) is 0 Å². The van der Waals surface area contributed by atoms with Gasteiger partial charge in [0, 0.05) is 6.20 Å². The van der Waals surface area contributed by atoms with Crippen molar-refractivity contribution in [1.29, 1.82) is 0 Å². The van der Waals surface area contributed by atoms with Crippen molar-refractivity contribution in [3.8, 4) is 11.5 Å². The number of rotatable bonds is 3. The van der Waals surface area contributed by atoms with Gasteiger partial charge in [0.05, 0.1) is 11.1 Å². The molecule has 84 valence electrons. The number of pyridine rings is 1. The maximum atomic E-state index is 5.97. The Morgan fingerprint density at radius 3 is 3.06 bits per heavy atom. The lowest BCUT2D eigenvalue weighted by atomic mass is 10.2. The van der Waals surface area contributed by atoms with Crippen molar-refractivity contribution >= 4 is 11.6 Å². The molecule has 6 heteroatoms. The summed E-state index contributed by atoms with van der Waals surface area (Å²) in [4.78, 5) is 8.25. The van der Waals surface area contributed by atoms with Crippen molar-refractivity contribution in [2.24, 2.45) is 5.73 Å². The van der Waals surface area contributed by atoms with Crippen LogP contribution in [0, 0.1) is 0 Å². The molecule has 2 rings (SSSR count). The average Bonchev–Trinajstić information content (AvgIpc) is 2.78. The summed E-state index contributed by atoms with van der Waals surface area (Å²) in [7, 11) is 0. The topological polar surface area (TPSA) is 77.8 Å². The Hall–Kier alpha value is -1.46. The molecule has 0 aliphatic rings. The predicted octanol–water partition coefficient (Wildman–Crippen LogP) is 2.19. The number of nitrogens with zero attached hydrogens (tertiary/aromatic N) is 3. The third kappa shape index (κ3) is 2.05. The van der Waals surface area contributed by atoms with E-state index in [0.29, 0.717) is 22.4 Å². The Morgan fingerprint density at radius 2 is 2.38 bits per heavy atom. The van der Waals surface area contributed by atoms with Crippen molar-refractivity contribution in [3.05, 3.63) is 29.2 Å². The van der Waals surface area contributed by atoms with E-state index in [0.717, 1.165) is 6.42 Å². The number of hydrogen-bond donors (Lipinski definition) is 1. The maximum absolute atomic E-state index is 5.97. The fraction of sp³-hybridized carbons (Fsp3) is 0.300. The molecule has 0 unspecified atom stereocenters. The summed E-state index contributed by atoms with van der Waals surface area (Å²) in [6, 6.07) is 3.22. The van der Waals surface area contributed by atoms with E-state index in [4.69, 9.17) is 21.9 Å². The molecule has 16 heavy (non-hydrogen) atoms. The highest BCUT2D eigenvalue weighted by molar-refractivity contribution is 6.32.